The average molecular weight is 280 g/mol. The fourth-order valence-electron chi connectivity index (χ4n) is 1.46. The fourth-order valence-corrected chi connectivity index (χ4v) is 2.08. The van der Waals surface area contributed by atoms with Gasteiger partial charge in [0.1, 0.15) is 8.07 Å². The van der Waals surface area contributed by atoms with Gasteiger partial charge in [0.05, 0.1) is 14.2 Å². The van der Waals surface area contributed by atoms with E-state index >= 15 is 0 Å². The van der Waals surface area contributed by atoms with Gasteiger partial charge in [0.15, 0.2) is 5.41 Å². The van der Waals surface area contributed by atoms with E-state index in [1.807, 2.05) is 0 Å². The second-order valence-electron chi connectivity index (χ2n) is 5.17. The smallest absolute Gasteiger partial charge is 0.325 e. The summed E-state index contributed by atoms with van der Waals surface area (Å²) in [6, 6.07) is 0. The van der Waals surface area contributed by atoms with Gasteiger partial charge in [-0.3, -0.25) is 9.59 Å². The van der Waals surface area contributed by atoms with E-state index in [4.69, 9.17) is 6.42 Å². The molecule has 0 aromatic heterocycles. The van der Waals surface area contributed by atoms with E-state index in [0.717, 1.165) is 0 Å². The first-order valence-electron chi connectivity index (χ1n) is 5.84. The lowest BCUT2D eigenvalue weighted by molar-refractivity contribution is -0.168. The van der Waals surface area contributed by atoms with E-state index < -0.39 is 25.4 Å². The van der Waals surface area contributed by atoms with Gasteiger partial charge in [-0.25, -0.2) is 0 Å². The second-order valence-corrected chi connectivity index (χ2v) is 9.92. The zero-order valence-electron chi connectivity index (χ0n) is 12.1. The van der Waals surface area contributed by atoms with E-state index in [1.54, 1.807) is 0 Å². The minimum atomic E-state index is -1.59. The Kier molecular flexibility index (Phi) is 6.38. The summed E-state index contributed by atoms with van der Waals surface area (Å²) in [6.45, 7) is 6.21. The average Bonchev–Trinajstić information content (AvgIpc) is 2.34. The lowest BCUT2D eigenvalue weighted by atomic mass is 9.81. The van der Waals surface area contributed by atoms with E-state index in [0.29, 0.717) is 0 Å². The highest BCUT2D eigenvalue weighted by atomic mass is 28.3. The summed E-state index contributed by atoms with van der Waals surface area (Å²) in [5, 5.41) is 0. The molecule has 0 heterocycles. The van der Waals surface area contributed by atoms with Crippen LogP contribution in [0.5, 0.6) is 0 Å². The maximum absolute atomic E-state index is 11.9. The molecule has 0 aromatic carbocycles. The van der Waals surface area contributed by atoms with Crippen molar-refractivity contribution in [3.05, 3.63) is 0 Å². The standard InChI is InChI=1S/C14H20O4Si/c1-7-9-14(12(15)17-2,13(16)18-3)10-8-11-19(4,5)6/h1H,9-10H2,2-6H3. The molecule has 104 valence electrons. The highest BCUT2D eigenvalue weighted by molar-refractivity contribution is 6.83. The van der Waals surface area contributed by atoms with E-state index in [2.05, 4.69) is 46.5 Å². The predicted octanol–water partition coefficient (Wildman–Crippen LogP) is 1.61. The molecule has 4 nitrogen and oxygen atoms in total. The zero-order valence-corrected chi connectivity index (χ0v) is 13.1. The Morgan fingerprint density at radius 2 is 1.58 bits per heavy atom. The van der Waals surface area contributed by atoms with Gasteiger partial charge >= 0.3 is 11.9 Å². The van der Waals surface area contributed by atoms with Crippen molar-refractivity contribution in [3.63, 3.8) is 0 Å². The van der Waals surface area contributed by atoms with Gasteiger partial charge in [-0.05, 0) is 0 Å². The summed E-state index contributed by atoms with van der Waals surface area (Å²) >= 11 is 0. The fraction of sp³-hybridized carbons (Fsp3) is 0.571. The molecular formula is C14H20O4Si. The van der Waals surface area contributed by atoms with Crippen molar-refractivity contribution in [2.45, 2.75) is 32.5 Å². The minimum Gasteiger partial charge on any atom is -0.468 e. The minimum absolute atomic E-state index is 0.0147. The predicted molar refractivity (Wildman–Crippen MR) is 75.7 cm³/mol. The van der Waals surface area contributed by atoms with Crippen LogP contribution in [0.3, 0.4) is 0 Å². The highest BCUT2D eigenvalue weighted by Crippen LogP contribution is 2.29. The molecule has 0 aliphatic heterocycles. The highest BCUT2D eigenvalue weighted by Gasteiger charge is 2.47. The molecule has 0 aliphatic carbocycles. The number of terminal acetylenes is 1. The van der Waals surface area contributed by atoms with Crippen LogP contribution in [-0.4, -0.2) is 34.2 Å². The molecule has 5 heteroatoms. The first-order valence-corrected chi connectivity index (χ1v) is 9.34. The Hall–Kier alpha value is -1.72. The van der Waals surface area contributed by atoms with Crippen molar-refractivity contribution in [2.75, 3.05) is 14.2 Å². The lowest BCUT2D eigenvalue weighted by Crippen LogP contribution is -2.41. The summed E-state index contributed by atoms with van der Waals surface area (Å²) in [6.07, 6.45) is 5.18. The van der Waals surface area contributed by atoms with Crippen LogP contribution < -0.4 is 0 Å². The normalized spacial score (nSPS) is 10.7. The molecule has 0 spiro atoms. The number of carbonyl (C=O) groups is 2. The molecule has 0 radical (unpaired) electrons. The van der Waals surface area contributed by atoms with Gasteiger partial charge < -0.3 is 9.47 Å². The van der Waals surface area contributed by atoms with Gasteiger partial charge in [0.25, 0.3) is 0 Å². The van der Waals surface area contributed by atoms with Gasteiger partial charge in [-0.15, -0.1) is 23.8 Å². The number of hydrogen-bond acceptors (Lipinski definition) is 4. The Morgan fingerprint density at radius 3 is 1.89 bits per heavy atom. The quantitative estimate of drug-likeness (QED) is 0.340. The van der Waals surface area contributed by atoms with Crippen LogP contribution in [0, 0.1) is 29.2 Å². The number of ether oxygens (including phenoxy) is 2. The summed E-state index contributed by atoms with van der Waals surface area (Å²) in [7, 11) is 0.835. The Bertz CT molecular complexity index is 427. The van der Waals surface area contributed by atoms with Gasteiger partial charge in [0.2, 0.25) is 0 Å². The second kappa shape index (κ2) is 7.01. The molecular weight excluding hydrogens is 260 g/mol. The van der Waals surface area contributed by atoms with Gasteiger partial charge in [-0.2, -0.15) is 0 Å². The van der Waals surface area contributed by atoms with Gasteiger partial charge in [-0.1, -0.05) is 19.6 Å². The summed E-state index contributed by atoms with van der Waals surface area (Å²) in [5.41, 5.74) is 1.58. The summed E-state index contributed by atoms with van der Waals surface area (Å²) in [4.78, 5) is 23.8. The SMILES string of the molecule is C#CCC(CC#C[Si](C)(C)C)(C(=O)OC)C(=O)OC. The first-order chi connectivity index (χ1) is 8.73. The molecule has 0 unspecified atom stereocenters. The number of esters is 2. The van der Waals surface area contributed by atoms with E-state index in [9.17, 15) is 9.59 Å². The van der Waals surface area contributed by atoms with Crippen LogP contribution in [-0.2, 0) is 19.1 Å². The number of hydrogen-bond donors (Lipinski definition) is 0. The first kappa shape index (κ1) is 17.3. The third-order valence-corrected chi connectivity index (χ3v) is 3.34. The summed E-state index contributed by atoms with van der Waals surface area (Å²) in [5.74, 6) is 3.81. The monoisotopic (exact) mass is 280 g/mol. The maximum atomic E-state index is 11.9. The van der Waals surface area contributed by atoms with Crippen molar-refractivity contribution >= 4 is 20.0 Å². The molecule has 0 saturated heterocycles. The molecule has 0 atom stereocenters. The molecule has 19 heavy (non-hydrogen) atoms. The largest absolute Gasteiger partial charge is 0.468 e. The maximum Gasteiger partial charge on any atom is 0.325 e. The molecule has 0 amide bonds. The topological polar surface area (TPSA) is 52.6 Å². The van der Waals surface area contributed by atoms with E-state index in [-0.39, 0.29) is 12.8 Å². The Morgan fingerprint density at radius 1 is 1.11 bits per heavy atom. The van der Waals surface area contributed by atoms with Gasteiger partial charge in [0, 0.05) is 12.8 Å². The van der Waals surface area contributed by atoms with Crippen molar-refractivity contribution < 1.29 is 19.1 Å². The molecule has 0 rings (SSSR count). The van der Waals surface area contributed by atoms with Crippen LogP contribution in [0.1, 0.15) is 12.8 Å². The molecule has 0 bridgehead atoms. The number of methoxy groups -OCH3 is 2. The van der Waals surface area contributed by atoms with Crippen molar-refractivity contribution in [3.8, 4) is 23.8 Å². The molecule has 0 aromatic rings. The van der Waals surface area contributed by atoms with E-state index in [1.165, 1.54) is 14.2 Å². The number of rotatable bonds is 4. The molecule has 0 N–H and O–H groups in total. The Labute approximate surface area is 115 Å². The van der Waals surface area contributed by atoms with Crippen molar-refractivity contribution in [1.82, 2.24) is 0 Å². The molecule has 0 aliphatic rings. The molecule has 0 saturated carbocycles. The lowest BCUT2D eigenvalue weighted by Gasteiger charge is -2.24. The van der Waals surface area contributed by atoms with Crippen molar-refractivity contribution in [2.24, 2.45) is 5.41 Å². The Balaban J connectivity index is 5.46. The third kappa shape index (κ3) is 4.80. The van der Waals surface area contributed by atoms with Crippen molar-refractivity contribution in [1.29, 1.82) is 0 Å². The van der Waals surface area contributed by atoms with Crippen LogP contribution in [0.2, 0.25) is 19.6 Å². The summed E-state index contributed by atoms with van der Waals surface area (Å²) < 4.78 is 9.36. The molecule has 0 fully saturated rings. The van der Waals surface area contributed by atoms with Crippen LogP contribution in [0.15, 0.2) is 0 Å². The van der Waals surface area contributed by atoms with Crippen LogP contribution in [0.4, 0.5) is 0 Å². The third-order valence-electron chi connectivity index (χ3n) is 2.41. The number of carbonyl (C=O) groups excluding carboxylic acids is 2. The van der Waals surface area contributed by atoms with Crippen LogP contribution in [0.25, 0.3) is 0 Å². The van der Waals surface area contributed by atoms with Crippen LogP contribution >= 0.6 is 0 Å². The zero-order chi connectivity index (χ0) is 15.1.